The first-order valence-electron chi connectivity index (χ1n) is 11.7. The van der Waals surface area contributed by atoms with Crippen LogP contribution in [0.25, 0.3) is 0 Å². The van der Waals surface area contributed by atoms with Crippen molar-refractivity contribution in [2.75, 3.05) is 26.2 Å². The Bertz CT molecular complexity index is 901. The Morgan fingerprint density at radius 3 is 2.27 bits per heavy atom. The molecule has 0 aliphatic carbocycles. The van der Waals surface area contributed by atoms with E-state index in [2.05, 4.69) is 5.32 Å². The second kappa shape index (κ2) is 9.63. The number of amides is 3. The van der Waals surface area contributed by atoms with Crippen LogP contribution < -0.4 is 5.32 Å². The predicted molar refractivity (Wildman–Crippen MR) is 127 cm³/mol. The van der Waals surface area contributed by atoms with Gasteiger partial charge in [-0.05, 0) is 36.5 Å². The summed E-state index contributed by atoms with van der Waals surface area (Å²) in [6.45, 7) is 11.0. The SMILES string of the molecule is CC(=O)N1CC[C@@H](C(=O)N[C@@H](C(=O)N2CC[C@](O)(c3ccc(Cl)cc3)C(C)(C)C2)C(C)C)C1. The number of carbonyl (C=O) groups excluding carboxylic acids is 3. The van der Waals surface area contributed by atoms with Crippen molar-refractivity contribution in [3.63, 3.8) is 0 Å². The molecule has 3 atom stereocenters. The first-order valence-corrected chi connectivity index (χ1v) is 12.1. The molecule has 33 heavy (non-hydrogen) atoms. The summed E-state index contributed by atoms with van der Waals surface area (Å²) in [5.74, 6) is -0.737. The molecule has 7 nitrogen and oxygen atoms in total. The summed E-state index contributed by atoms with van der Waals surface area (Å²) in [6, 6.07) is 6.56. The second-order valence-electron chi connectivity index (χ2n) is 10.4. The molecule has 1 aromatic rings. The Hall–Kier alpha value is -2.12. The summed E-state index contributed by atoms with van der Waals surface area (Å²) in [7, 11) is 0. The highest BCUT2D eigenvalue weighted by Gasteiger charge is 2.50. The first kappa shape index (κ1) is 25.5. The van der Waals surface area contributed by atoms with E-state index >= 15 is 0 Å². The van der Waals surface area contributed by atoms with Gasteiger partial charge in [0.05, 0.1) is 11.5 Å². The highest BCUT2D eigenvalue weighted by atomic mass is 35.5. The maximum absolute atomic E-state index is 13.5. The topological polar surface area (TPSA) is 90.0 Å². The summed E-state index contributed by atoms with van der Waals surface area (Å²) in [6.07, 6.45) is 0.998. The van der Waals surface area contributed by atoms with Gasteiger partial charge in [0.1, 0.15) is 6.04 Å². The van der Waals surface area contributed by atoms with Gasteiger partial charge in [0.2, 0.25) is 17.7 Å². The number of carbonyl (C=O) groups is 3. The zero-order valence-electron chi connectivity index (χ0n) is 20.2. The maximum Gasteiger partial charge on any atom is 0.245 e. The van der Waals surface area contributed by atoms with Gasteiger partial charge in [0, 0.05) is 43.5 Å². The summed E-state index contributed by atoms with van der Waals surface area (Å²) < 4.78 is 0. The highest BCUT2D eigenvalue weighted by molar-refractivity contribution is 6.30. The number of aliphatic hydroxyl groups is 1. The molecule has 3 amide bonds. The molecule has 1 aromatic carbocycles. The minimum Gasteiger partial charge on any atom is -0.384 e. The minimum absolute atomic E-state index is 0.0366. The van der Waals surface area contributed by atoms with E-state index in [1.807, 2.05) is 39.8 Å². The van der Waals surface area contributed by atoms with E-state index in [0.717, 1.165) is 5.56 Å². The van der Waals surface area contributed by atoms with Crippen LogP contribution in [-0.2, 0) is 20.0 Å². The van der Waals surface area contributed by atoms with Gasteiger partial charge in [0.25, 0.3) is 0 Å². The van der Waals surface area contributed by atoms with Crippen molar-refractivity contribution >= 4 is 29.3 Å². The maximum atomic E-state index is 13.5. The number of rotatable bonds is 5. The Morgan fingerprint density at radius 1 is 1.12 bits per heavy atom. The molecule has 0 spiro atoms. The Morgan fingerprint density at radius 2 is 1.76 bits per heavy atom. The number of benzene rings is 1. The molecular formula is C25H36ClN3O4. The standard InChI is InChI=1S/C25H36ClN3O4/c1-16(2)21(27-22(31)18-10-12-28(14-18)17(3)30)23(32)29-13-11-25(33,24(4,5)15-29)19-6-8-20(26)9-7-19/h6-9,16,18,21,33H,10-15H2,1-5H3,(H,27,31)/t18-,21-,25+/m1/s1. The van der Waals surface area contributed by atoms with Gasteiger partial charge in [-0.25, -0.2) is 0 Å². The van der Waals surface area contributed by atoms with Crippen LogP contribution >= 0.6 is 11.6 Å². The van der Waals surface area contributed by atoms with Crippen molar-refractivity contribution in [1.29, 1.82) is 0 Å². The third-order valence-electron chi connectivity index (χ3n) is 7.32. The van der Waals surface area contributed by atoms with E-state index in [9.17, 15) is 19.5 Å². The molecule has 0 aromatic heterocycles. The summed E-state index contributed by atoms with van der Waals surface area (Å²) in [4.78, 5) is 41.4. The van der Waals surface area contributed by atoms with Crippen LogP contribution in [0.4, 0.5) is 0 Å². The fourth-order valence-electron chi connectivity index (χ4n) is 5.01. The van der Waals surface area contributed by atoms with Crippen molar-refractivity contribution in [3.8, 4) is 0 Å². The van der Waals surface area contributed by atoms with Gasteiger partial charge >= 0.3 is 0 Å². The molecule has 0 saturated carbocycles. The third-order valence-corrected chi connectivity index (χ3v) is 7.57. The van der Waals surface area contributed by atoms with Crippen LogP contribution in [-0.4, -0.2) is 64.8 Å². The lowest BCUT2D eigenvalue weighted by Crippen LogP contribution is -2.60. The van der Waals surface area contributed by atoms with E-state index in [4.69, 9.17) is 11.6 Å². The quantitative estimate of drug-likeness (QED) is 0.682. The van der Waals surface area contributed by atoms with Crippen LogP contribution in [0, 0.1) is 17.3 Å². The van der Waals surface area contributed by atoms with Gasteiger partial charge < -0.3 is 20.2 Å². The molecule has 182 valence electrons. The summed E-state index contributed by atoms with van der Waals surface area (Å²) in [5.41, 5.74) is -0.910. The van der Waals surface area contributed by atoms with Crippen LogP contribution in [0.5, 0.6) is 0 Å². The van der Waals surface area contributed by atoms with E-state index in [0.29, 0.717) is 44.0 Å². The monoisotopic (exact) mass is 477 g/mol. The normalized spacial score (nSPS) is 25.8. The number of hydrogen-bond donors (Lipinski definition) is 2. The minimum atomic E-state index is -1.09. The largest absolute Gasteiger partial charge is 0.384 e. The highest BCUT2D eigenvalue weighted by Crippen LogP contribution is 2.46. The van der Waals surface area contributed by atoms with Crippen LogP contribution in [0.2, 0.25) is 5.02 Å². The number of likely N-dealkylation sites (tertiary alicyclic amines) is 2. The summed E-state index contributed by atoms with van der Waals surface area (Å²) >= 11 is 6.02. The van der Waals surface area contributed by atoms with E-state index < -0.39 is 17.1 Å². The molecule has 2 N–H and O–H groups in total. The Kier molecular flexibility index (Phi) is 7.44. The number of nitrogens with zero attached hydrogens (tertiary/aromatic N) is 2. The molecule has 2 fully saturated rings. The number of hydrogen-bond acceptors (Lipinski definition) is 4. The van der Waals surface area contributed by atoms with Crippen molar-refractivity contribution in [2.24, 2.45) is 17.3 Å². The third kappa shape index (κ3) is 5.19. The smallest absolute Gasteiger partial charge is 0.245 e. The van der Waals surface area contributed by atoms with Crippen LogP contribution in [0.15, 0.2) is 24.3 Å². The number of halogens is 1. The molecule has 8 heteroatoms. The first-order chi connectivity index (χ1) is 15.4. The van der Waals surface area contributed by atoms with Crippen molar-refractivity contribution in [2.45, 2.75) is 59.1 Å². The lowest BCUT2D eigenvalue weighted by molar-refractivity contribution is -0.157. The molecule has 2 saturated heterocycles. The predicted octanol–water partition coefficient (Wildman–Crippen LogP) is 2.80. The van der Waals surface area contributed by atoms with Crippen LogP contribution in [0.3, 0.4) is 0 Å². The number of piperidine rings is 1. The zero-order valence-corrected chi connectivity index (χ0v) is 21.0. The average Bonchev–Trinajstić information content (AvgIpc) is 3.24. The average molecular weight is 478 g/mol. The molecule has 2 aliphatic heterocycles. The Balaban J connectivity index is 1.70. The van der Waals surface area contributed by atoms with Crippen molar-refractivity contribution in [1.82, 2.24) is 15.1 Å². The van der Waals surface area contributed by atoms with Gasteiger partial charge in [-0.3, -0.25) is 14.4 Å². The van der Waals surface area contributed by atoms with Gasteiger partial charge in [-0.1, -0.05) is 51.4 Å². The van der Waals surface area contributed by atoms with Gasteiger partial charge in [0.15, 0.2) is 0 Å². The molecule has 3 rings (SSSR count). The molecule has 0 unspecified atom stereocenters. The molecule has 2 aliphatic rings. The van der Waals surface area contributed by atoms with E-state index in [1.54, 1.807) is 21.9 Å². The zero-order chi connectivity index (χ0) is 24.6. The lowest BCUT2D eigenvalue weighted by Gasteiger charge is -2.51. The summed E-state index contributed by atoms with van der Waals surface area (Å²) in [5, 5.41) is 15.1. The van der Waals surface area contributed by atoms with Crippen molar-refractivity contribution < 1.29 is 19.5 Å². The van der Waals surface area contributed by atoms with Gasteiger partial charge in [-0.2, -0.15) is 0 Å². The van der Waals surface area contributed by atoms with E-state index in [1.165, 1.54) is 6.92 Å². The van der Waals surface area contributed by atoms with E-state index in [-0.39, 0.29) is 29.6 Å². The molecular weight excluding hydrogens is 442 g/mol. The lowest BCUT2D eigenvalue weighted by atomic mass is 9.66. The van der Waals surface area contributed by atoms with Crippen molar-refractivity contribution in [3.05, 3.63) is 34.9 Å². The molecule has 2 heterocycles. The fraction of sp³-hybridized carbons (Fsp3) is 0.640. The molecule has 0 bridgehead atoms. The number of nitrogens with one attached hydrogen (secondary N) is 1. The fourth-order valence-corrected chi connectivity index (χ4v) is 5.14. The van der Waals surface area contributed by atoms with Crippen LogP contribution in [0.1, 0.15) is 53.0 Å². The second-order valence-corrected chi connectivity index (χ2v) is 10.9. The Labute approximate surface area is 201 Å². The van der Waals surface area contributed by atoms with Gasteiger partial charge in [-0.15, -0.1) is 0 Å². The molecule has 0 radical (unpaired) electrons.